The molecule has 1 aliphatic carbocycles. The van der Waals surface area contributed by atoms with E-state index in [9.17, 15) is 9.59 Å². The van der Waals surface area contributed by atoms with Gasteiger partial charge in [-0.2, -0.15) is 0 Å². The number of halogens is 4. The van der Waals surface area contributed by atoms with Crippen LogP contribution in [0.2, 0.25) is 5.02 Å². The van der Waals surface area contributed by atoms with E-state index in [2.05, 4.69) is 5.32 Å². The number of ether oxygens (including phenoxy) is 1. The van der Waals surface area contributed by atoms with Gasteiger partial charge < -0.3 is 15.0 Å². The van der Waals surface area contributed by atoms with E-state index in [4.69, 9.17) is 56.1 Å². The van der Waals surface area contributed by atoms with Crippen LogP contribution in [0.15, 0.2) is 47.5 Å². The molecule has 1 N–H and O–H groups in total. The van der Waals surface area contributed by atoms with E-state index in [1.165, 1.54) is 6.42 Å². The summed E-state index contributed by atoms with van der Waals surface area (Å²) in [6, 6.07) is 12.8. The van der Waals surface area contributed by atoms with Gasteiger partial charge >= 0.3 is 0 Å². The standard InChI is InChI=1S/C26H28ClN3O3.CHCl3/c1-33-20-11-8-17(9-12-20)23-26(25(32)28-19-6-3-2-4-7-19)14-5-15-30(26)24(31)21-13-10-18(27)16-22(21)29-23;2-1(3)4/h8-13,16,19H,2-7,14-15H2,1H3,(H,28,32);1H/t26-;/m0./s1. The summed E-state index contributed by atoms with van der Waals surface area (Å²) >= 11 is 20.7. The van der Waals surface area contributed by atoms with Gasteiger partial charge in [-0.15, -0.1) is 0 Å². The fourth-order valence-corrected chi connectivity index (χ4v) is 5.59. The van der Waals surface area contributed by atoms with Crippen LogP contribution in [0, 0.1) is 0 Å². The molecule has 1 saturated carbocycles. The monoisotopic (exact) mass is 583 g/mol. The molecule has 0 bridgehead atoms. The third-order valence-corrected chi connectivity index (χ3v) is 7.35. The summed E-state index contributed by atoms with van der Waals surface area (Å²) in [5.74, 6) is 0.412. The summed E-state index contributed by atoms with van der Waals surface area (Å²) in [6.07, 6.45) is 6.65. The minimum Gasteiger partial charge on any atom is -0.497 e. The number of amides is 2. The molecule has 3 aliphatic rings. The molecular formula is C27H29Cl4N3O3. The third kappa shape index (κ3) is 6.03. The normalized spacial score (nSPS) is 21.3. The largest absolute Gasteiger partial charge is 0.497 e. The van der Waals surface area contributed by atoms with Gasteiger partial charge in [0.25, 0.3) is 11.8 Å². The lowest BCUT2D eigenvalue weighted by molar-refractivity contribution is -0.128. The second-order valence-corrected chi connectivity index (χ2v) is 11.7. The molecule has 198 valence electrons. The maximum atomic E-state index is 14.1. The van der Waals surface area contributed by atoms with Crippen molar-refractivity contribution in [2.24, 2.45) is 4.99 Å². The lowest BCUT2D eigenvalue weighted by Crippen LogP contribution is -2.63. The van der Waals surface area contributed by atoms with Gasteiger partial charge in [0.2, 0.25) is 0 Å². The van der Waals surface area contributed by atoms with Crippen LogP contribution in [-0.2, 0) is 4.79 Å². The number of nitrogens with zero attached hydrogens (tertiary/aromatic N) is 2. The first-order valence-corrected chi connectivity index (χ1v) is 14.0. The molecule has 1 atom stereocenters. The van der Waals surface area contributed by atoms with Gasteiger partial charge in [0, 0.05) is 17.6 Å². The number of rotatable bonds is 4. The van der Waals surface area contributed by atoms with E-state index in [0.29, 0.717) is 35.0 Å². The number of carbonyl (C=O) groups is 2. The van der Waals surface area contributed by atoms with Crippen molar-refractivity contribution >= 4 is 69.6 Å². The molecule has 1 saturated heterocycles. The van der Waals surface area contributed by atoms with Crippen molar-refractivity contribution in [2.75, 3.05) is 13.7 Å². The fourth-order valence-electron chi connectivity index (χ4n) is 5.42. The maximum absolute atomic E-state index is 14.1. The molecule has 2 aromatic carbocycles. The molecule has 2 fully saturated rings. The van der Waals surface area contributed by atoms with E-state index >= 15 is 0 Å². The van der Waals surface area contributed by atoms with Crippen LogP contribution in [0.1, 0.15) is 60.9 Å². The van der Waals surface area contributed by atoms with Crippen LogP contribution >= 0.6 is 46.4 Å². The summed E-state index contributed by atoms with van der Waals surface area (Å²) in [6.45, 7) is 0.508. The van der Waals surface area contributed by atoms with Crippen LogP contribution in [0.25, 0.3) is 0 Å². The Hall–Kier alpha value is -1.99. The average molecular weight is 585 g/mol. The van der Waals surface area contributed by atoms with E-state index in [0.717, 1.165) is 43.4 Å². The Kier molecular flexibility index (Phi) is 9.28. The molecule has 0 aromatic heterocycles. The van der Waals surface area contributed by atoms with Crippen LogP contribution in [0.4, 0.5) is 5.69 Å². The summed E-state index contributed by atoms with van der Waals surface area (Å²) < 4.78 is 4.58. The Morgan fingerprint density at radius 2 is 1.76 bits per heavy atom. The highest BCUT2D eigenvalue weighted by Gasteiger charge is 2.55. The summed E-state index contributed by atoms with van der Waals surface area (Å²) in [7, 11) is 1.62. The van der Waals surface area contributed by atoms with Crippen molar-refractivity contribution in [2.45, 2.75) is 60.8 Å². The number of aliphatic imine (C=N–C) groups is 1. The van der Waals surface area contributed by atoms with Crippen LogP contribution in [0.5, 0.6) is 5.75 Å². The number of nitrogens with one attached hydrogen (secondary N) is 1. The highest BCUT2D eigenvalue weighted by molar-refractivity contribution is 6.63. The Labute approximate surface area is 237 Å². The molecule has 10 heteroatoms. The first-order chi connectivity index (χ1) is 17.8. The highest BCUT2D eigenvalue weighted by Crippen LogP contribution is 2.41. The smallest absolute Gasteiger partial charge is 0.257 e. The van der Waals surface area contributed by atoms with Gasteiger partial charge in [0.05, 0.1) is 24.1 Å². The molecule has 2 heterocycles. The minimum atomic E-state index is -1.16. The van der Waals surface area contributed by atoms with Crippen molar-refractivity contribution in [1.82, 2.24) is 10.2 Å². The van der Waals surface area contributed by atoms with E-state index in [1.54, 1.807) is 30.2 Å². The minimum absolute atomic E-state index is 0.131. The zero-order valence-electron chi connectivity index (χ0n) is 20.5. The highest BCUT2D eigenvalue weighted by atomic mass is 35.6. The number of methoxy groups -OCH3 is 1. The molecule has 2 amide bonds. The SMILES string of the molecule is COc1ccc(C2=Nc3cc(Cl)ccc3C(=O)N3CCC[C@@]23C(=O)NC2CCCCC2)cc1.ClC(Cl)Cl. The molecular weight excluding hydrogens is 556 g/mol. The van der Waals surface area contributed by atoms with E-state index in [1.807, 2.05) is 24.3 Å². The van der Waals surface area contributed by atoms with Gasteiger partial charge in [-0.25, -0.2) is 4.99 Å². The second kappa shape index (κ2) is 12.2. The lowest BCUT2D eigenvalue weighted by Gasteiger charge is -2.38. The number of alkyl halides is 3. The first-order valence-electron chi connectivity index (χ1n) is 12.3. The van der Waals surface area contributed by atoms with Crippen LogP contribution < -0.4 is 10.1 Å². The number of fused-ring (bicyclic) bond motifs is 2. The maximum Gasteiger partial charge on any atom is 0.257 e. The predicted octanol–water partition coefficient (Wildman–Crippen LogP) is 6.89. The predicted molar refractivity (Wildman–Crippen MR) is 150 cm³/mol. The van der Waals surface area contributed by atoms with Crippen molar-refractivity contribution in [1.29, 1.82) is 0 Å². The molecule has 0 radical (unpaired) electrons. The van der Waals surface area contributed by atoms with Gasteiger partial charge in [0.1, 0.15) is 5.75 Å². The van der Waals surface area contributed by atoms with Crippen molar-refractivity contribution in [3.63, 3.8) is 0 Å². The molecule has 2 aromatic rings. The molecule has 0 unspecified atom stereocenters. The van der Waals surface area contributed by atoms with Crippen LogP contribution in [0.3, 0.4) is 0 Å². The average Bonchev–Trinajstić information content (AvgIpc) is 3.30. The van der Waals surface area contributed by atoms with Crippen molar-refractivity contribution in [3.8, 4) is 5.75 Å². The zero-order valence-corrected chi connectivity index (χ0v) is 23.5. The van der Waals surface area contributed by atoms with Crippen molar-refractivity contribution < 1.29 is 14.3 Å². The molecule has 0 spiro atoms. The quantitative estimate of drug-likeness (QED) is 0.398. The zero-order chi connectivity index (χ0) is 26.6. The first kappa shape index (κ1) is 28.0. The third-order valence-electron chi connectivity index (χ3n) is 7.12. The van der Waals surface area contributed by atoms with Gasteiger partial charge in [-0.3, -0.25) is 9.59 Å². The van der Waals surface area contributed by atoms with Crippen molar-refractivity contribution in [3.05, 3.63) is 58.6 Å². The molecule has 6 nitrogen and oxygen atoms in total. The Balaban J connectivity index is 0.000000747. The topological polar surface area (TPSA) is 71.0 Å². The Morgan fingerprint density at radius 1 is 1.08 bits per heavy atom. The van der Waals surface area contributed by atoms with Gasteiger partial charge in [-0.05, 0) is 73.7 Å². The van der Waals surface area contributed by atoms with Gasteiger partial charge in [-0.1, -0.05) is 65.7 Å². The van der Waals surface area contributed by atoms with E-state index < -0.39 is 9.83 Å². The summed E-state index contributed by atoms with van der Waals surface area (Å²) in [5.41, 5.74) is 1.19. The second-order valence-electron chi connectivity index (χ2n) is 9.33. The van der Waals surface area contributed by atoms with Crippen LogP contribution in [-0.4, -0.2) is 52.0 Å². The van der Waals surface area contributed by atoms with Gasteiger partial charge in [0.15, 0.2) is 9.83 Å². The molecule has 5 rings (SSSR count). The summed E-state index contributed by atoms with van der Waals surface area (Å²) in [4.78, 5) is 34.5. The lowest BCUT2D eigenvalue weighted by atomic mass is 9.83. The Bertz CT molecular complexity index is 1160. The Morgan fingerprint density at radius 3 is 2.41 bits per heavy atom. The number of hydrogen-bond acceptors (Lipinski definition) is 4. The van der Waals surface area contributed by atoms with E-state index in [-0.39, 0.29) is 17.9 Å². The molecule has 2 aliphatic heterocycles. The number of hydrogen-bond donors (Lipinski definition) is 1. The number of carbonyl (C=O) groups excluding carboxylic acids is 2. The molecule has 37 heavy (non-hydrogen) atoms. The fraction of sp³-hybridized carbons (Fsp3) is 0.444. The number of benzene rings is 2. The summed E-state index contributed by atoms with van der Waals surface area (Å²) in [5, 5.41) is 3.80.